The highest BCUT2D eigenvalue weighted by Gasteiger charge is 2.21. The molecule has 0 amide bonds. The maximum absolute atomic E-state index is 6.44. The number of ether oxygens (including phenoxy) is 3. The molecule has 4 rings (SSSR count). The second-order valence-corrected chi connectivity index (χ2v) is 7.19. The summed E-state index contributed by atoms with van der Waals surface area (Å²) in [6, 6.07) is 11.6. The number of likely N-dealkylation sites (tertiary alicyclic amines) is 1. The van der Waals surface area contributed by atoms with E-state index in [1.807, 2.05) is 36.4 Å². The lowest BCUT2D eigenvalue weighted by atomic mass is 10.1. The predicted molar refractivity (Wildman–Crippen MR) is 114 cm³/mol. The van der Waals surface area contributed by atoms with Gasteiger partial charge in [-0.05, 0) is 32.0 Å². The Bertz CT molecular complexity index is 987. The molecule has 2 heterocycles. The number of anilines is 2. The third kappa shape index (κ3) is 4.19. The molecule has 1 aliphatic heterocycles. The number of hydrogen-bond donors (Lipinski definition) is 1. The number of aromatic nitrogens is 2. The van der Waals surface area contributed by atoms with Crippen LogP contribution in [0.3, 0.4) is 0 Å². The van der Waals surface area contributed by atoms with E-state index in [4.69, 9.17) is 14.2 Å². The van der Waals surface area contributed by atoms with Gasteiger partial charge in [-0.2, -0.15) is 0 Å². The lowest BCUT2D eigenvalue weighted by Crippen LogP contribution is -2.35. The van der Waals surface area contributed by atoms with Gasteiger partial charge in [0.2, 0.25) is 0 Å². The lowest BCUT2D eigenvalue weighted by molar-refractivity contribution is 0.115. The zero-order chi connectivity index (χ0) is 20.2. The Morgan fingerprint density at radius 3 is 2.55 bits per heavy atom. The fourth-order valence-electron chi connectivity index (χ4n) is 3.59. The molecule has 1 fully saturated rings. The van der Waals surface area contributed by atoms with Crippen molar-refractivity contribution in [2.45, 2.75) is 18.9 Å². The molecule has 29 heavy (non-hydrogen) atoms. The summed E-state index contributed by atoms with van der Waals surface area (Å²) < 4.78 is 17.4. The molecule has 1 aromatic heterocycles. The monoisotopic (exact) mass is 394 g/mol. The van der Waals surface area contributed by atoms with Crippen LogP contribution in [0.1, 0.15) is 12.8 Å². The fraction of sp³-hybridized carbons (Fsp3) is 0.364. The van der Waals surface area contributed by atoms with Crippen LogP contribution in [0.5, 0.6) is 17.2 Å². The Morgan fingerprint density at radius 1 is 1.00 bits per heavy atom. The van der Waals surface area contributed by atoms with E-state index in [2.05, 4.69) is 27.2 Å². The third-order valence-electron chi connectivity index (χ3n) is 5.23. The van der Waals surface area contributed by atoms with Gasteiger partial charge in [0.25, 0.3) is 0 Å². The van der Waals surface area contributed by atoms with Crippen LogP contribution in [-0.4, -0.2) is 55.3 Å². The summed E-state index contributed by atoms with van der Waals surface area (Å²) in [5.74, 6) is 2.85. The Labute approximate surface area is 170 Å². The molecule has 7 heteroatoms. The molecule has 2 aromatic carbocycles. The van der Waals surface area contributed by atoms with Crippen LogP contribution < -0.4 is 19.5 Å². The Hall–Kier alpha value is -3.06. The molecule has 0 unspecified atom stereocenters. The maximum atomic E-state index is 6.44. The smallest absolute Gasteiger partial charge is 0.145 e. The second-order valence-electron chi connectivity index (χ2n) is 7.19. The fourth-order valence-corrected chi connectivity index (χ4v) is 3.59. The van der Waals surface area contributed by atoms with Gasteiger partial charge >= 0.3 is 0 Å². The topological polar surface area (TPSA) is 68.7 Å². The van der Waals surface area contributed by atoms with Crippen molar-refractivity contribution < 1.29 is 14.2 Å². The number of benzene rings is 2. The zero-order valence-corrected chi connectivity index (χ0v) is 17.0. The Balaban J connectivity index is 1.75. The quantitative estimate of drug-likeness (QED) is 0.681. The number of methoxy groups -OCH3 is 2. The van der Waals surface area contributed by atoms with Crippen LogP contribution in [0.15, 0.2) is 42.7 Å². The van der Waals surface area contributed by atoms with Crippen molar-refractivity contribution in [1.29, 1.82) is 0 Å². The zero-order valence-electron chi connectivity index (χ0n) is 17.0. The first kappa shape index (κ1) is 19.3. The largest absolute Gasteiger partial charge is 0.497 e. The molecule has 0 atom stereocenters. The minimum Gasteiger partial charge on any atom is -0.497 e. The molecule has 0 saturated carbocycles. The number of nitrogens with one attached hydrogen (secondary N) is 1. The molecule has 0 aliphatic carbocycles. The molecule has 1 aliphatic rings. The van der Waals surface area contributed by atoms with Gasteiger partial charge < -0.3 is 24.4 Å². The Morgan fingerprint density at radius 2 is 1.79 bits per heavy atom. The minimum atomic E-state index is 0.154. The standard InChI is InChI=1S/C22H26N4O3/c1-26-10-8-15(9-11-26)29-20-13-16(27-2)12-18-21(20)22(24-14-23-18)25-17-6-4-5-7-19(17)28-3/h4-7,12-15H,8-11H2,1-3H3,(H,23,24,25). The van der Waals surface area contributed by atoms with Crippen molar-refractivity contribution in [3.8, 4) is 17.2 Å². The average Bonchev–Trinajstić information content (AvgIpc) is 2.75. The first-order valence-electron chi connectivity index (χ1n) is 9.76. The molecule has 3 aromatic rings. The van der Waals surface area contributed by atoms with Crippen LogP contribution in [0.4, 0.5) is 11.5 Å². The minimum absolute atomic E-state index is 0.154. The summed E-state index contributed by atoms with van der Waals surface area (Å²) in [7, 11) is 5.44. The van der Waals surface area contributed by atoms with Crippen molar-refractivity contribution in [3.05, 3.63) is 42.7 Å². The molecule has 1 N–H and O–H groups in total. The number of fused-ring (bicyclic) bond motifs is 1. The van der Waals surface area contributed by atoms with Crippen molar-refractivity contribution in [2.24, 2.45) is 0 Å². The molecule has 0 spiro atoms. The van der Waals surface area contributed by atoms with E-state index in [1.54, 1.807) is 20.5 Å². The van der Waals surface area contributed by atoms with Crippen LogP contribution >= 0.6 is 0 Å². The van der Waals surface area contributed by atoms with Crippen LogP contribution in [0.25, 0.3) is 10.9 Å². The second kappa shape index (κ2) is 8.53. The first-order valence-corrected chi connectivity index (χ1v) is 9.76. The summed E-state index contributed by atoms with van der Waals surface area (Å²) in [5, 5.41) is 4.22. The van der Waals surface area contributed by atoms with Gasteiger partial charge in [-0.25, -0.2) is 9.97 Å². The SMILES string of the molecule is COc1cc(OC2CCN(C)CC2)c2c(Nc3ccccc3OC)ncnc2c1. The van der Waals surface area contributed by atoms with E-state index in [0.717, 1.165) is 54.0 Å². The summed E-state index contributed by atoms with van der Waals surface area (Å²) in [6.07, 6.45) is 3.66. The molecule has 0 bridgehead atoms. The summed E-state index contributed by atoms with van der Waals surface area (Å²) in [6.45, 7) is 2.05. The highest BCUT2D eigenvalue weighted by molar-refractivity contribution is 5.97. The van der Waals surface area contributed by atoms with E-state index in [-0.39, 0.29) is 6.10 Å². The van der Waals surface area contributed by atoms with E-state index in [0.29, 0.717) is 11.6 Å². The summed E-state index contributed by atoms with van der Waals surface area (Å²) in [5.41, 5.74) is 1.59. The summed E-state index contributed by atoms with van der Waals surface area (Å²) in [4.78, 5) is 11.3. The molecule has 152 valence electrons. The number of hydrogen-bond acceptors (Lipinski definition) is 7. The van der Waals surface area contributed by atoms with Crippen molar-refractivity contribution >= 4 is 22.4 Å². The van der Waals surface area contributed by atoms with Crippen LogP contribution in [0.2, 0.25) is 0 Å². The van der Waals surface area contributed by atoms with Crippen LogP contribution in [-0.2, 0) is 0 Å². The molecule has 7 nitrogen and oxygen atoms in total. The summed E-state index contributed by atoms with van der Waals surface area (Å²) >= 11 is 0. The normalized spacial score (nSPS) is 15.3. The molecule has 0 radical (unpaired) electrons. The van der Waals surface area contributed by atoms with Gasteiger partial charge in [0.15, 0.2) is 0 Å². The van der Waals surface area contributed by atoms with E-state index in [9.17, 15) is 0 Å². The maximum Gasteiger partial charge on any atom is 0.145 e. The predicted octanol–water partition coefficient (Wildman–Crippen LogP) is 3.86. The van der Waals surface area contributed by atoms with Crippen molar-refractivity contribution in [3.63, 3.8) is 0 Å². The average molecular weight is 394 g/mol. The van der Waals surface area contributed by atoms with Crippen molar-refractivity contribution in [2.75, 3.05) is 39.7 Å². The van der Waals surface area contributed by atoms with Gasteiger partial charge in [-0.3, -0.25) is 0 Å². The van der Waals surface area contributed by atoms with Gasteiger partial charge in [-0.15, -0.1) is 0 Å². The van der Waals surface area contributed by atoms with E-state index >= 15 is 0 Å². The number of nitrogens with zero attached hydrogens (tertiary/aromatic N) is 3. The highest BCUT2D eigenvalue weighted by atomic mass is 16.5. The number of rotatable bonds is 6. The van der Waals surface area contributed by atoms with E-state index in [1.165, 1.54) is 0 Å². The molecule has 1 saturated heterocycles. The molecular formula is C22H26N4O3. The highest BCUT2D eigenvalue weighted by Crippen LogP contribution is 2.37. The number of piperidine rings is 1. The van der Waals surface area contributed by atoms with Gasteiger partial charge in [0, 0.05) is 25.2 Å². The lowest BCUT2D eigenvalue weighted by Gasteiger charge is -2.29. The molecular weight excluding hydrogens is 368 g/mol. The van der Waals surface area contributed by atoms with Gasteiger partial charge in [0.1, 0.15) is 35.5 Å². The van der Waals surface area contributed by atoms with Gasteiger partial charge in [-0.1, -0.05) is 12.1 Å². The third-order valence-corrected chi connectivity index (χ3v) is 5.23. The van der Waals surface area contributed by atoms with E-state index < -0.39 is 0 Å². The van der Waals surface area contributed by atoms with Gasteiger partial charge in [0.05, 0.1) is 30.8 Å². The van der Waals surface area contributed by atoms with Crippen LogP contribution in [0, 0.1) is 0 Å². The van der Waals surface area contributed by atoms with Crippen molar-refractivity contribution in [1.82, 2.24) is 14.9 Å². The Kier molecular flexibility index (Phi) is 5.67. The number of para-hydroxylation sites is 2. The first-order chi connectivity index (χ1) is 14.2.